The molecule has 0 aliphatic carbocycles. The molecule has 7 nitrogen and oxygen atoms in total. The Labute approximate surface area is 175 Å². The van der Waals surface area contributed by atoms with E-state index in [1.54, 1.807) is 0 Å². The molecule has 3 heterocycles. The second kappa shape index (κ2) is 8.76. The van der Waals surface area contributed by atoms with Gasteiger partial charge in [0, 0.05) is 17.7 Å². The minimum Gasteiger partial charge on any atom is -0.481 e. The molecule has 0 amide bonds. The Balaban J connectivity index is 1.76. The normalized spacial score (nSPS) is 22.0. The molecule has 30 heavy (non-hydrogen) atoms. The van der Waals surface area contributed by atoms with E-state index in [-0.39, 0.29) is 6.10 Å². The molecule has 3 atom stereocenters. The van der Waals surface area contributed by atoms with Gasteiger partial charge in [0.05, 0.1) is 49.0 Å². The zero-order valence-electron chi connectivity index (χ0n) is 17.5. The maximum absolute atomic E-state index is 11.9. The highest BCUT2D eigenvalue weighted by molar-refractivity contribution is 5.93. The van der Waals surface area contributed by atoms with E-state index in [1.807, 2.05) is 19.9 Å². The van der Waals surface area contributed by atoms with Crippen LogP contribution in [0.4, 0.5) is 0 Å². The molecular weight excluding hydrogens is 384 g/mol. The average molecular weight is 412 g/mol. The standard InChI is InChI=1S/C23H28N2O5/c1-3-4-18(23(26)27)22-21-17(6-8-29-22)19-14(10-24)9-15(13(2)20(19)25-21)11-30-16-5-7-28-12-16/h9,16,18,22,25H,3-8,11-12H2,1-2H3,(H,26,27). The van der Waals surface area contributed by atoms with Gasteiger partial charge in [-0.15, -0.1) is 0 Å². The van der Waals surface area contributed by atoms with E-state index in [0.29, 0.717) is 38.2 Å². The number of aromatic nitrogens is 1. The van der Waals surface area contributed by atoms with Crippen LogP contribution in [0.2, 0.25) is 0 Å². The van der Waals surface area contributed by atoms with Crippen LogP contribution in [0.5, 0.6) is 0 Å². The molecule has 0 saturated carbocycles. The van der Waals surface area contributed by atoms with Crippen molar-refractivity contribution in [2.45, 2.75) is 58.3 Å². The van der Waals surface area contributed by atoms with Crippen molar-refractivity contribution in [1.82, 2.24) is 4.98 Å². The summed E-state index contributed by atoms with van der Waals surface area (Å²) in [5.41, 5.74) is 5.29. The van der Waals surface area contributed by atoms with Crippen molar-refractivity contribution in [3.63, 3.8) is 0 Å². The van der Waals surface area contributed by atoms with Crippen LogP contribution in [0.1, 0.15) is 60.2 Å². The number of aromatic amines is 1. The molecule has 7 heteroatoms. The third kappa shape index (κ3) is 3.71. The van der Waals surface area contributed by atoms with Crippen LogP contribution in [0, 0.1) is 24.2 Å². The number of nitriles is 1. The van der Waals surface area contributed by atoms with E-state index >= 15 is 0 Å². The molecule has 0 bridgehead atoms. The Bertz CT molecular complexity index is 984. The number of H-pyrrole nitrogens is 1. The first-order valence-corrected chi connectivity index (χ1v) is 10.7. The number of nitrogens with one attached hydrogen (secondary N) is 1. The van der Waals surface area contributed by atoms with E-state index in [1.165, 1.54) is 0 Å². The second-order valence-electron chi connectivity index (χ2n) is 8.16. The van der Waals surface area contributed by atoms with Crippen LogP contribution in [-0.2, 0) is 32.0 Å². The number of benzene rings is 1. The second-order valence-corrected chi connectivity index (χ2v) is 8.16. The van der Waals surface area contributed by atoms with Crippen molar-refractivity contribution in [2.75, 3.05) is 19.8 Å². The quantitative estimate of drug-likeness (QED) is 0.717. The van der Waals surface area contributed by atoms with Gasteiger partial charge in [-0.1, -0.05) is 13.3 Å². The Morgan fingerprint density at radius 2 is 2.30 bits per heavy atom. The van der Waals surface area contributed by atoms with Gasteiger partial charge in [-0.05, 0) is 48.9 Å². The summed E-state index contributed by atoms with van der Waals surface area (Å²) in [5, 5.41) is 20.5. The highest BCUT2D eigenvalue weighted by Gasteiger charge is 2.36. The zero-order valence-corrected chi connectivity index (χ0v) is 17.5. The molecule has 0 radical (unpaired) electrons. The molecular formula is C23H28N2O5. The molecule has 160 valence electrons. The van der Waals surface area contributed by atoms with E-state index in [4.69, 9.17) is 14.2 Å². The minimum atomic E-state index is -0.849. The third-order valence-corrected chi connectivity index (χ3v) is 6.28. The average Bonchev–Trinajstić information content (AvgIpc) is 3.39. The van der Waals surface area contributed by atoms with Crippen molar-refractivity contribution in [3.8, 4) is 6.07 Å². The third-order valence-electron chi connectivity index (χ3n) is 6.28. The Morgan fingerprint density at radius 1 is 1.47 bits per heavy atom. The van der Waals surface area contributed by atoms with Gasteiger partial charge in [0.1, 0.15) is 6.10 Å². The van der Waals surface area contributed by atoms with E-state index in [2.05, 4.69) is 11.1 Å². The molecule has 2 aliphatic heterocycles. The molecule has 2 N–H and O–H groups in total. The summed E-state index contributed by atoms with van der Waals surface area (Å²) in [5.74, 6) is -1.46. The zero-order chi connectivity index (χ0) is 21.3. The maximum Gasteiger partial charge on any atom is 0.309 e. The number of carbonyl (C=O) groups is 1. The topological polar surface area (TPSA) is 105 Å². The monoisotopic (exact) mass is 412 g/mol. The highest BCUT2D eigenvalue weighted by Crippen LogP contribution is 2.41. The van der Waals surface area contributed by atoms with Gasteiger partial charge in [-0.25, -0.2) is 0 Å². The van der Waals surface area contributed by atoms with Crippen LogP contribution >= 0.6 is 0 Å². The SMILES string of the molecule is CCCC(C(=O)O)C1OCCc2c1[nH]c1c(C)c(COC3CCOC3)cc(C#N)c21. The van der Waals surface area contributed by atoms with Gasteiger partial charge in [0.15, 0.2) is 0 Å². The van der Waals surface area contributed by atoms with Gasteiger partial charge in [0.25, 0.3) is 0 Å². The number of aryl methyl sites for hydroxylation is 1. The van der Waals surface area contributed by atoms with E-state index < -0.39 is 18.0 Å². The number of nitrogens with zero attached hydrogens (tertiary/aromatic N) is 1. The predicted molar refractivity (Wildman–Crippen MR) is 110 cm³/mol. The van der Waals surface area contributed by atoms with Crippen molar-refractivity contribution in [3.05, 3.63) is 34.0 Å². The van der Waals surface area contributed by atoms with Gasteiger partial charge in [-0.2, -0.15) is 5.26 Å². The van der Waals surface area contributed by atoms with Crippen LogP contribution in [0.25, 0.3) is 10.9 Å². The van der Waals surface area contributed by atoms with E-state index in [9.17, 15) is 15.2 Å². The van der Waals surface area contributed by atoms with Crippen molar-refractivity contribution in [2.24, 2.45) is 5.92 Å². The highest BCUT2D eigenvalue weighted by atomic mass is 16.5. The number of aliphatic carboxylic acids is 1. The Hall–Kier alpha value is -2.40. The van der Waals surface area contributed by atoms with Crippen molar-refractivity contribution < 1.29 is 24.1 Å². The molecule has 3 unspecified atom stereocenters. The van der Waals surface area contributed by atoms with Crippen LogP contribution in [0.3, 0.4) is 0 Å². The molecule has 2 aromatic rings. The fourth-order valence-electron chi connectivity index (χ4n) is 4.65. The summed E-state index contributed by atoms with van der Waals surface area (Å²) < 4.78 is 17.3. The summed E-state index contributed by atoms with van der Waals surface area (Å²) >= 11 is 0. The summed E-state index contributed by atoms with van der Waals surface area (Å²) in [6.07, 6.45) is 2.41. The van der Waals surface area contributed by atoms with Crippen LogP contribution in [-0.4, -0.2) is 42.0 Å². The number of rotatable bonds is 7. The van der Waals surface area contributed by atoms with Gasteiger partial charge >= 0.3 is 5.97 Å². The molecule has 2 aliphatic rings. The van der Waals surface area contributed by atoms with Crippen LogP contribution in [0.15, 0.2) is 6.07 Å². The molecule has 0 spiro atoms. The number of carboxylic acid groups (broad SMARTS) is 1. The van der Waals surface area contributed by atoms with Crippen LogP contribution < -0.4 is 0 Å². The molecule has 1 aromatic carbocycles. The first-order chi connectivity index (χ1) is 14.5. The lowest BCUT2D eigenvalue weighted by Crippen LogP contribution is -2.28. The Morgan fingerprint density at radius 3 is 2.97 bits per heavy atom. The minimum absolute atomic E-state index is 0.0885. The fraction of sp³-hybridized carbons (Fsp3) is 0.565. The molecule has 1 aromatic heterocycles. The van der Waals surface area contributed by atoms with Crippen molar-refractivity contribution >= 4 is 16.9 Å². The predicted octanol–water partition coefficient (Wildman–Crippen LogP) is 3.77. The molecule has 1 saturated heterocycles. The van der Waals surface area contributed by atoms with Gasteiger partial charge < -0.3 is 24.3 Å². The summed E-state index contributed by atoms with van der Waals surface area (Å²) in [7, 11) is 0. The van der Waals surface area contributed by atoms with Gasteiger partial charge in [-0.3, -0.25) is 4.79 Å². The lowest BCUT2D eigenvalue weighted by Gasteiger charge is -2.28. The van der Waals surface area contributed by atoms with Crippen molar-refractivity contribution in [1.29, 1.82) is 5.26 Å². The fourth-order valence-corrected chi connectivity index (χ4v) is 4.65. The number of hydrogen-bond acceptors (Lipinski definition) is 5. The van der Waals surface area contributed by atoms with Gasteiger partial charge in [0.2, 0.25) is 0 Å². The number of ether oxygens (including phenoxy) is 3. The first-order valence-electron chi connectivity index (χ1n) is 10.7. The maximum atomic E-state index is 11.9. The number of carboxylic acids is 1. The number of hydrogen-bond donors (Lipinski definition) is 2. The molecule has 4 rings (SSSR count). The largest absolute Gasteiger partial charge is 0.481 e. The first kappa shape index (κ1) is 20.9. The lowest BCUT2D eigenvalue weighted by molar-refractivity contribution is -0.149. The summed E-state index contributed by atoms with van der Waals surface area (Å²) in [6.45, 7) is 6.20. The summed E-state index contributed by atoms with van der Waals surface area (Å²) in [4.78, 5) is 15.3. The Kier molecular flexibility index (Phi) is 6.09. The number of fused-ring (bicyclic) bond motifs is 3. The van der Waals surface area contributed by atoms with E-state index in [0.717, 1.165) is 52.7 Å². The molecule has 1 fully saturated rings. The summed E-state index contributed by atoms with van der Waals surface area (Å²) in [6, 6.07) is 4.25. The lowest BCUT2D eigenvalue weighted by atomic mass is 9.89. The smallest absolute Gasteiger partial charge is 0.309 e.